The molecular formula is C13H13Br3N4. The van der Waals surface area contributed by atoms with E-state index in [1.54, 1.807) is 6.20 Å². The van der Waals surface area contributed by atoms with Gasteiger partial charge in [-0.25, -0.2) is 9.97 Å². The van der Waals surface area contributed by atoms with Gasteiger partial charge in [0.15, 0.2) is 5.82 Å². The fourth-order valence-corrected chi connectivity index (χ4v) is 3.49. The third-order valence-corrected chi connectivity index (χ3v) is 4.53. The maximum atomic E-state index is 4.63. The maximum Gasteiger partial charge on any atom is 0.181 e. The van der Waals surface area contributed by atoms with Crippen LogP contribution in [-0.2, 0) is 6.42 Å². The molecule has 106 valence electrons. The molecule has 4 nitrogen and oxygen atoms in total. The van der Waals surface area contributed by atoms with Crippen LogP contribution < -0.4 is 5.32 Å². The number of nitrogens with zero attached hydrogens (tertiary/aromatic N) is 3. The van der Waals surface area contributed by atoms with Crippen molar-refractivity contribution in [2.75, 3.05) is 12.4 Å². The first-order chi connectivity index (χ1) is 9.56. The maximum absolute atomic E-state index is 4.63. The zero-order valence-electron chi connectivity index (χ0n) is 11.0. The van der Waals surface area contributed by atoms with E-state index in [0.29, 0.717) is 5.82 Å². The Morgan fingerprint density at radius 3 is 2.55 bits per heavy atom. The van der Waals surface area contributed by atoms with Crippen molar-refractivity contribution in [2.24, 2.45) is 0 Å². The molecule has 0 bridgehead atoms. The van der Waals surface area contributed by atoms with Crippen LogP contribution in [0.3, 0.4) is 0 Å². The number of aromatic nitrogens is 3. The fraction of sp³-hybridized carbons (Fsp3) is 0.308. The first kappa shape index (κ1) is 15.9. The Hall–Kier alpha value is -0.530. The molecule has 0 aliphatic rings. The van der Waals surface area contributed by atoms with Crippen molar-refractivity contribution in [3.8, 4) is 11.5 Å². The van der Waals surface area contributed by atoms with E-state index in [1.807, 2.05) is 13.1 Å². The Morgan fingerprint density at radius 2 is 1.95 bits per heavy atom. The summed E-state index contributed by atoms with van der Waals surface area (Å²) in [6.45, 7) is 2.13. The third-order valence-electron chi connectivity index (χ3n) is 2.66. The van der Waals surface area contributed by atoms with Crippen molar-refractivity contribution in [3.63, 3.8) is 0 Å². The van der Waals surface area contributed by atoms with Crippen LogP contribution in [0.1, 0.15) is 19.0 Å². The molecule has 0 saturated carbocycles. The molecule has 0 aromatic carbocycles. The molecule has 2 rings (SSSR count). The average molecular weight is 465 g/mol. The molecule has 20 heavy (non-hydrogen) atoms. The van der Waals surface area contributed by atoms with Crippen LogP contribution in [0.5, 0.6) is 0 Å². The molecule has 0 aliphatic heterocycles. The van der Waals surface area contributed by atoms with Gasteiger partial charge >= 0.3 is 0 Å². The summed E-state index contributed by atoms with van der Waals surface area (Å²) in [6, 6.07) is 1.94. The number of aryl methyl sites for hydroxylation is 1. The molecule has 7 heteroatoms. The normalized spacial score (nSPS) is 10.7. The molecule has 2 aromatic rings. The van der Waals surface area contributed by atoms with Crippen LogP contribution in [0.2, 0.25) is 0 Å². The van der Waals surface area contributed by atoms with E-state index in [0.717, 1.165) is 43.5 Å². The monoisotopic (exact) mass is 462 g/mol. The molecule has 0 aliphatic carbocycles. The molecule has 0 atom stereocenters. The molecule has 0 spiro atoms. The molecule has 0 radical (unpaired) electrons. The van der Waals surface area contributed by atoms with Crippen molar-refractivity contribution < 1.29 is 0 Å². The second-order valence-electron chi connectivity index (χ2n) is 4.14. The summed E-state index contributed by atoms with van der Waals surface area (Å²) >= 11 is 10.5. The molecule has 0 fully saturated rings. The van der Waals surface area contributed by atoms with Crippen molar-refractivity contribution in [1.29, 1.82) is 0 Å². The van der Waals surface area contributed by atoms with Crippen LogP contribution in [0.15, 0.2) is 25.7 Å². The van der Waals surface area contributed by atoms with Crippen molar-refractivity contribution in [2.45, 2.75) is 19.8 Å². The highest BCUT2D eigenvalue weighted by atomic mass is 79.9. The highest BCUT2D eigenvalue weighted by Crippen LogP contribution is 2.31. The van der Waals surface area contributed by atoms with Crippen molar-refractivity contribution >= 4 is 53.6 Å². The zero-order chi connectivity index (χ0) is 14.7. The summed E-state index contributed by atoms with van der Waals surface area (Å²) in [5, 5.41) is 3.08. The van der Waals surface area contributed by atoms with Gasteiger partial charge in [0.05, 0.1) is 10.2 Å². The van der Waals surface area contributed by atoms with Crippen LogP contribution in [0, 0.1) is 0 Å². The molecular weight excluding hydrogens is 452 g/mol. The predicted octanol–water partition coefficient (Wildman–Crippen LogP) is 4.82. The summed E-state index contributed by atoms with van der Waals surface area (Å²) in [5.74, 6) is 1.38. The van der Waals surface area contributed by atoms with Crippen LogP contribution >= 0.6 is 47.8 Å². The quantitative estimate of drug-likeness (QED) is 0.704. The largest absolute Gasteiger partial charge is 0.372 e. The SMILES string of the molecule is CCCc1nc(-c2ncc(Br)cc2Br)nc(NC)c1Br. The molecule has 2 heterocycles. The summed E-state index contributed by atoms with van der Waals surface area (Å²) in [4.78, 5) is 13.5. The molecule has 1 N–H and O–H groups in total. The van der Waals surface area contributed by atoms with Gasteiger partial charge in [0.2, 0.25) is 0 Å². The summed E-state index contributed by atoms with van der Waals surface area (Å²) in [5.41, 5.74) is 1.72. The van der Waals surface area contributed by atoms with Gasteiger partial charge in [-0.3, -0.25) is 4.98 Å². The lowest BCUT2D eigenvalue weighted by Gasteiger charge is -2.11. The standard InChI is InChI=1S/C13H13Br3N4/c1-3-4-9-10(16)12(17-2)20-13(19-9)11-8(15)5-7(14)6-18-11/h5-6H,3-4H2,1-2H3,(H,17,19,20). The van der Waals surface area contributed by atoms with Gasteiger partial charge in [0.25, 0.3) is 0 Å². The highest BCUT2D eigenvalue weighted by Gasteiger charge is 2.15. The third kappa shape index (κ3) is 3.38. The highest BCUT2D eigenvalue weighted by molar-refractivity contribution is 9.11. The van der Waals surface area contributed by atoms with E-state index in [4.69, 9.17) is 0 Å². The van der Waals surface area contributed by atoms with E-state index in [-0.39, 0.29) is 0 Å². The minimum atomic E-state index is 0.611. The zero-order valence-corrected chi connectivity index (χ0v) is 15.8. The Kier molecular flexibility index (Phi) is 5.51. The Labute approximate surface area is 143 Å². The van der Waals surface area contributed by atoms with Crippen LogP contribution in [0.25, 0.3) is 11.5 Å². The fourth-order valence-electron chi connectivity index (χ4n) is 1.75. The molecule has 0 unspecified atom stereocenters. The van der Waals surface area contributed by atoms with Gasteiger partial charge in [-0.2, -0.15) is 0 Å². The van der Waals surface area contributed by atoms with Gasteiger partial charge in [-0.05, 0) is 60.3 Å². The average Bonchev–Trinajstić information content (AvgIpc) is 2.41. The summed E-state index contributed by atoms with van der Waals surface area (Å²) < 4.78 is 2.69. The Balaban J connectivity index is 2.58. The van der Waals surface area contributed by atoms with Crippen LogP contribution in [-0.4, -0.2) is 22.0 Å². The number of halogens is 3. The molecule has 0 saturated heterocycles. The van der Waals surface area contributed by atoms with E-state index >= 15 is 0 Å². The number of anilines is 1. The predicted molar refractivity (Wildman–Crippen MR) is 91.9 cm³/mol. The van der Waals surface area contributed by atoms with E-state index < -0.39 is 0 Å². The van der Waals surface area contributed by atoms with E-state index in [1.165, 1.54) is 0 Å². The lowest BCUT2D eigenvalue weighted by atomic mass is 10.2. The second-order valence-corrected chi connectivity index (χ2v) is 6.70. The second kappa shape index (κ2) is 6.95. The first-order valence-electron chi connectivity index (χ1n) is 6.12. The van der Waals surface area contributed by atoms with Gasteiger partial charge in [0, 0.05) is 22.2 Å². The lowest BCUT2D eigenvalue weighted by Crippen LogP contribution is -2.04. The lowest BCUT2D eigenvalue weighted by molar-refractivity contribution is 0.867. The smallest absolute Gasteiger partial charge is 0.181 e. The number of rotatable bonds is 4. The topological polar surface area (TPSA) is 50.7 Å². The van der Waals surface area contributed by atoms with E-state index in [2.05, 4.69) is 75.0 Å². The Bertz CT molecular complexity index is 631. The van der Waals surface area contributed by atoms with Gasteiger partial charge < -0.3 is 5.32 Å². The first-order valence-corrected chi connectivity index (χ1v) is 8.50. The Morgan fingerprint density at radius 1 is 1.20 bits per heavy atom. The molecule has 2 aromatic heterocycles. The van der Waals surface area contributed by atoms with Crippen molar-refractivity contribution in [1.82, 2.24) is 15.0 Å². The van der Waals surface area contributed by atoms with E-state index in [9.17, 15) is 0 Å². The summed E-state index contributed by atoms with van der Waals surface area (Å²) in [7, 11) is 1.84. The minimum absolute atomic E-state index is 0.611. The number of hydrogen-bond acceptors (Lipinski definition) is 4. The summed E-state index contributed by atoms with van der Waals surface area (Å²) in [6.07, 6.45) is 3.65. The van der Waals surface area contributed by atoms with Gasteiger partial charge in [0.1, 0.15) is 11.5 Å². The molecule has 0 amide bonds. The number of pyridine rings is 1. The number of nitrogens with one attached hydrogen (secondary N) is 1. The van der Waals surface area contributed by atoms with Gasteiger partial charge in [-0.1, -0.05) is 13.3 Å². The minimum Gasteiger partial charge on any atom is -0.372 e. The van der Waals surface area contributed by atoms with Gasteiger partial charge in [-0.15, -0.1) is 0 Å². The van der Waals surface area contributed by atoms with Crippen LogP contribution in [0.4, 0.5) is 5.82 Å². The van der Waals surface area contributed by atoms with Crippen molar-refractivity contribution in [3.05, 3.63) is 31.4 Å². The number of hydrogen-bond donors (Lipinski definition) is 1.